The third-order valence-corrected chi connectivity index (χ3v) is 8.97. The number of hydrogen-bond acceptors (Lipinski definition) is 3. The van der Waals surface area contributed by atoms with Crippen molar-refractivity contribution in [2.45, 2.75) is 31.6 Å². The Labute approximate surface area is 217 Å². The Bertz CT molecular complexity index is 1270. The molecule has 1 amide bonds. The van der Waals surface area contributed by atoms with Gasteiger partial charge in [-0.25, -0.2) is 12.7 Å². The van der Waals surface area contributed by atoms with E-state index in [1.165, 1.54) is 4.31 Å². The largest absolute Gasteiger partial charge is 0.345 e. The molecule has 184 valence electrons. The van der Waals surface area contributed by atoms with Gasteiger partial charge in [0.1, 0.15) is 0 Å². The smallest absolute Gasteiger partial charge is 0.223 e. The van der Waals surface area contributed by atoms with Crippen LogP contribution in [0.3, 0.4) is 0 Å². The highest BCUT2D eigenvalue weighted by atomic mass is 35.5. The monoisotopic (exact) mass is 530 g/mol. The molecule has 0 bridgehead atoms. The first-order chi connectivity index (χ1) is 16.7. The van der Waals surface area contributed by atoms with Gasteiger partial charge >= 0.3 is 0 Å². The number of benzene rings is 3. The zero-order valence-electron chi connectivity index (χ0n) is 19.5. The second-order valence-electron chi connectivity index (χ2n) is 8.94. The van der Waals surface area contributed by atoms with Crippen molar-refractivity contribution in [3.05, 3.63) is 105 Å². The fourth-order valence-corrected chi connectivity index (χ4v) is 6.22. The Morgan fingerprint density at radius 3 is 2.20 bits per heavy atom. The number of nitrogens with one attached hydrogen (secondary N) is 1. The molecule has 0 unspecified atom stereocenters. The minimum atomic E-state index is -3.53. The first-order valence-electron chi connectivity index (χ1n) is 11.6. The highest BCUT2D eigenvalue weighted by Gasteiger charge is 2.32. The van der Waals surface area contributed by atoms with Crippen LogP contribution in [0.5, 0.6) is 0 Å². The van der Waals surface area contributed by atoms with Crippen molar-refractivity contribution in [2.75, 3.05) is 13.1 Å². The van der Waals surface area contributed by atoms with Crippen molar-refractivity contribution in [3.8, 4) is 0 Å². The summed E-state index contributed by atoms with van der Waals surface area (Å²) in [6.07, 6.45) is 0.948. The number of carbonyl (C=O) groups excluding carboxylic acids is 1. The number of nitrogens with zero attached hydrogens (tertiary/aromatic N) is 1. The predicted octanol–water partition coefficient (Wildman–Crippen LogP) is 5.75. The standard InChI is InChI=1S/C27H28Cl2N2O3S/c1-19-7-10-22(11-8-19)26(21-5-3-2-4-6-21)30-27(32)23-13-15-31(16-14-23)35(33,34)18-20-9-12-24(28)25(29)17-20/h2-12,17,23,26H,13-16,18H2,1H3,(H,30,32)/t26-/m1/s1. The third kappa shape index (κ3) is 6.44. The number of carbonyl (C=O) groups is 1. The summed E-state index contributed by atoms with van der Waals surface area (Å²) in [6.45, 7) is 2.65. The Morgan fingerprint density at radius 2 is 1.57 bits per heavy atom. The van der Waals surface area contributed by atoms with Crippen LogP contribution in [0, 0.1) is 12.8 Å². The molecule has 0 aliphatic carbocycles. The van der Waals surface area contributed by atoms with E-state index in [2.05, 4.69) is 5.32 Å². The minimum absolute atomic E-state index is 0.0547. The maximum absolute atomic E-state index is 13.2. The van der Waals surface area contributed by atoms with E-state index in [0.717, 1.165) is 16.7 Å². The van der Waals surface area contributed by atoms with E-state index >= 15 is 0 Å². The summed E-state index contributed by atoms with van der Waals surface area (Å²) in [5, 5.41) is 3.93. The summed E-state index contributed by atoms with van der Waals surface area (Å²) in [5.74, 6) is -0.450. The first kappa shape index (κ1) is 25.7. The lowest BCUT2D eigenvalue weighted by molar-refractivity contribution is -0.126. The van der Waals surface area contributed by atoms with Crippen LogP contribution in [0.15, 0.2) is 72.8 Å². The molecular formula is C27H28Cl2N2O3S. The van der Waals surface area contributed by atoms with Gasteiger partial charge in [0.25, 0.3) is 0 Å². The molecule has 0 spiro atoms. The SMILES string of the molecule is Cc1ccc([C@H](NC(=O)C2CCN(S(=O)(=O)Cc3ccc(Cl)c(Cl)c3)CC2)c2ccccc2)cc1. The number of piperidine rings is 1. The maximum atomic E-state index is 13.2. The molecule has 5 nitrogen and oxygen atoms in total. The van der Waals surface area contributed by atoms with Gasteiger partial charge in [-0.05, 0) is 48.6 Å². The Morgan fingerprint density at radius 1 is 0.943 bits per heavy atom. The lowest BCUT2D eigenvalue weighted by Crippen LogP contribution is -2.44. The molecular weight excluding hydrogens is 503 g/mol. The second-order valence-corrected chi connectivity index (χ2v) is 11.7. The Hall–Kier alpha value is -2.38. The molecule has 1 fully saturated rings. The van der Waals surface area contributed by atoms with E-state index in [9.17, 15) is 13.2 Å². The summed E-state index contributed by atoms with van der Waals surface area (Å²) in [6, 6.07) is 22.6. The van der Waals surface area contributed by atoms with Gasteiger partial charge in [-0.15, -0.1) is 0 Å². The maximum Gasteiger partial charge on any atom is 0.223 e. The fourth-order valence-electron chi connectivity index (χ4n) is 4.35. The fraction of sp³-hybridized carbons (Fsp3) is 0.296. The number of hydrogen-bond donors (Lipinski definition) is 1. The molecule has 1 aliphatic rings. The second kappa shape index (κ2) is 11.1. The van der Waals surface area contributed by atoms with Gasteiger partial charge in [-0.1, -0.05) is 89.4 Å². The molecule has 4 rings (SSSR count). The van der Waals surface area contributed by atoms with Crippen LogP contribution in [-0.4, -0.2) is 31.7 Å². The molecule has 0 saturated carbocycles. The normalized spacial score (nSPS) is 16.1. The summed E-state index contributed by atoms with van der Waals surface area (Å²) >= 11 is 12.0. The molecule has 1 aliphatic heterocycles. The summed E-state index contributed by atoms with van der Waals surface area (Å²) in [7, 11) is -3.53. The van der Waals surface area contributed by atoms with Gasteiger partial charge in [0.2, 0.25) is 15.9 Å². The Balaban J connectivity index is 1.41. The van der Waals surface area contributed by atoms with Crippen molar-refractivity contribution < 1.29 is 13.2 Å². The van der Waals surface area contributed by atoms with Crippen LogP contribution in [-0.2, 0) is 20.6 Å². The molecule has 1 N–H and O–H groups in total. The van der Waals surface area contributed by atoms with E-state index < -0.39 is 10.0 Å². The van der Waals surface area contributed by atoms with Gasteiger partial charge in [0.05, 0.1) is 21.8 Å². The number of halogens is 2. The number of aryl methyl sites for hydroxylation is 1. The van der Waals surface area contributed by atoms with E-state index in [1.54, 1.807) is 18.2 Å². The Kier molecular flexibility index (Phi) is 8.17. The number of sulfonamides is 1. The van der Waals surface area contributed by atoms with Crippen LogP contribution < -0.4 is 5.32 Å². The average molecular weight is 532 g/mol. The summed E-state index contributed by atoms with van der Waals surface area (Å²) in [5.41, 5.74) is 3.76. The minimum Gasteiger partial charge on any atom is -0.345 e. The molecule has 1 saturated heterocycles. The average Bonchev–Trinajstić information content (AvgIpc) is 2.86. The molecule has 1 atom stereocenters. The van der Waals surface area contributed by atoms with Gasteiger partial charge in [-0.2, -0.15) is 0 Å². The van der Waals surface area contributed by atoms with Crippen LogP contribution in [0.1, 0.15) is 41.1 Å². The highest BCUT2D eigenvalue weighted by molar-refractivity contribution is 7.88. The first-order valence-corrected chi connectivity index (χ1v) is 13.9. The topological polar surface area (TPSA) is 66.5 Å². The molecule has 1 heterocycles. The lowest BCUT2D eigenvalue weighted by atomic mass is 9.94. The van der Waals surface area contributed by atoms with Crippen molar-refractivity contribution in [1.82, 2.24) is 9.62 Å². The van der Waals surface area contributed by atoms with Crippen LogP contribution in [0.2, 0.25) is 10.0 Å². The molecule has 8 heteroatoms. The quantitative estimate of drug-likeness (QED) is 0.422. The molecule has 3 aromatic rings. The predicted molar refractivity (Wildman–Crippen MR) is 141 cm³/mol. The van der Waals surface area contributed by atoms with E-state index in [1.807, 2.05) is 61.5 Å². The molecule has 35 heavy (non-hydrogen) atoms. The van der Waals surface area contributed by atoms with Crippen LogP contribution in [0.25, 0.3) is 0 Å². The zero-order chi connectivity index (χ0) is 25.0. The lowest BCUT2D eigenvalue weighted by Gasteiger charge is -2.31. The van der Waals surface area contributed by atoms with Crippen molar-refractivity contribution in [3.63, 3.8) is 0 Å². The highest BCUT2D eigenvalue weighted by Crippen LogP contribution is 2.28. The zero-order valence-corrected chi connectivity index (χ0v) is 21.8. The van der Waals surface area contributed by atoms with E-state index in [0.29, 0.717) is 41.5 Å². The van der Waals surface area contributed by atoms with Crippen LogP contribution >= 0.6 is 23.2 Å². The molecule has 3 aromatic carbocycles. The molecule has 0 aromatic heterocycles. The van der Waals surface area contributed by atoms with Crippen LogP contribution in [0.4, 0.5) is 0 Å². The number of amides is 1. The number of rotatable bonds is 7. The van der Waals surface area contributed by atoms with E-state index in [-0.39, 0.29) is 23.6 Å². The van der Waals surface area contributed by atoms with E-state index in [4.69, 9.17) is 23.2 Å². The third-order valence-electron chi connectivity index (χ3n) is 6.38. The van der Waals surface area contributed by atoms with Crippen molar-refractivity contribution >= 4 is 39.1 Å². The van der Waals surface area contributed by atoms with Gasteiger partial charge < -0.3 is 5.32 Å². The van der Waals surface area contributed by atoms with Crippen molar-refractivity contribution in [2.24, 2.45) is 5.92 Å². The summed E-state index contributed by atoms with van der Waals surface area (Å²) < 4.78 is 27.4. The van der Waals surface area contributed by atoms with Gasteiger partial charge in [0, 0.05) is 19.0 Å². The van der Waals surface area contributed by atoms with Crippen molar-refractivity contribution in [1.29, 1.82) is 0 Å². The van der Waals surface area contributed by atoms with Gasteiger partial charge in [-0.3, -0.25) is 4.79 Å². The summed E-state index contributed by atoms with van der Waals surface area (Å²) in [4.78, 5) is 13.2. The molecule has 0 radical (unpaired) electrons. The van der Waals surface area contributed by atoms with Gasteiger partial charge in [0.15, 0.2) is 0 Å².